The highest BCUT2D eigenvalue weighted by molar-refractivity contribution is 6.31. The van der Waals surface area contributed by atoms with E-state index < -0.39 is 5.82 Å². The summed E-state index contributed by atoms with van der Waals surface area (Å²) in [6.45, 7) is 1.76. The molecule has 1 fully saturated rings. The number of likely N-dealkylation sites (tertiary alicyclic amines) is 1. The monoisotopic (exact) mass is 598 g/mol. The second-order valence-corrected chi connectivity index (χ2v) is 11.4. The number of nitrogens with zero attached hydrogens (tertiary/aromatic N) is 5. The molecule has 1 saturated heterocycles. The highest BCUT2D eigenvalue weighted by Crippen LogP contribution is 2.36. The number of rotatable bonds is 6. The number of anilines is 2. The van der Waals surface area contributed by atoms with Gasteiger partial charge in [0, 0.05) is 58.3 Å². The van der Waals surface area contributed by atoms with Gasteiger partial charge in [0.25, 0.3) is 5.91 Å². The van der Waals surface area contributed by atoms with Gasteiger partial charge in [-0.25, -0.2) is 14.4 Å². The Labute approximate surface area is 255 Å². The quantitative estimate of drug-likeness (QED) is 0.284. The maximum absolute atomic E-state index is 15.2. The van der Waals surface area contributed by atoms with E-state index in [0.717, 1.165) is 42.7 Å². The minimum Gasteiger partial charge on any atom is -0.496 e. The first-order valence-corrected chi connectivity index (χ1v) is 14.6. The summed E-state index contributed by atoms with van der Waals surface area (Å²) in [5, 5.41) is 3.75. The van der Waals surface area contributed by atoms with Gasteiger partial charge in [-0.05, 0) is 75.5 Å². The van der Waals surface area contributed by atoms with Crippen LogP contribution in [0, 0.1) is 5.82 Å². The summed E-state index contributed by atoms with van der Waals surface area (Å²) in [6.07, 6.45) is 3.68. The molecule has 4 aromatic rings. The fourth-order valence-corrected chi connectivity index (χ4v) is 5.87. The van der Waals surface area contributed by atoms with Crippen LogP contribution in [0.2, 0.25) is 5.02 Å². The average Bonchev–Trinajstić information content (AvgIpc) is 3.17. The molecule has 0 saturated carbocycles. The zero-order chi connectivity index (χ0) is 30.1. The van der Waals surface area contributed by atoms with E-state index >= 15 is 4.39 Å². The van der Waals surface area contributed by atoms with Crippen LogP contribution in [0.25, 0.3) is 11.3 Å². The summed E-state index contributed by atoms with van der Waals surface area (Å²) >= 11 is 6.41. The van der Waals surface area contributed by atoms with Crippen LogP contribution in [0.5, 0.6) is 5.75 Å². The Morgan fingerprint density at radius 2 is 1.84 bits per heavy atom. The lowest BCUT2D eigenvalue weighted by atomic mass is 9.94. The van der Waals surface area contributed by atoms with E-state index in [1.807, 2.05) is 35.2 Å². The molecule has 1 N–H and O–H groups in total. The Kier molecular flexibility index (Phi) is 8.10. The van der Waals surface area contributed by atoms with Crippen LogP contribution in [0.3, 0.4) is 0 Å². The zero-order valence-electron chi connectivity index (χ0n) is 24.3. The molecule has 0 aliphatic carbocycles. The minimum atomic E-state index is -0.441. The highest BCUT2D eigenvalue weighted by Gasteiger charge is 2.26. The number of amides is 1. The molecule has 0 spiro atoms. The van der Waals surface area contributed by atoms with Crippen molar-refractivity contribution in [2.75, 3.05) is 39.6 Å². The van der Waals surface area contributed by atoms with Gasteiger partial charge in [-0.3, -0.25) is 9.79 Å². The molecule has 6 rings (SSSR count). The van der Waals surface area contributed by atoms with E-state index in [9.17, 15) is 4.79 Å². The number of methoxy groups -OCH3 is 1. The number of aliphatic imine (C=N–C) groups is 1. The van der Waals surface area contributed by atoms with E-state index in [-0.39, 0.29) is 18.0 Å². The smallest absolute Gasteiger partial charge is 0.253 e. The van der Waals surface area contributed by atoms with Crippen LogP contribution < -0.4 is 10.1 Å². The number of benzene rings is 3. The van der Waals surface area contributed by atoms with Crippen molar-refractivity contribution in [3.8, 4) is 17.0 Å². The van der Waals surface area contributed by atoms with E-state index in [1.165, 1.54) is 13.2 Å². The topological polar surface area (TPSA) is 83.0 Å². The molecular weight excluding hydrogens is 567 g/mol. The molecule has 2 aliphatic rings. The largest absolute Gasteiger partial charge is 0.496 e. The van der Waals surface area contributed by atoms with Crippen LogP contribution in [0.4, 0.5) is 16.0 Å². The van der Waals surface area contributed by atoms with Gasteiger partial charge >= 0.3 is 0 Å². The van der Waals surface area contributed by atoms with Crippen LogP contribution >= 0.6 is 11.6 Å². The number of aromatic nitrogens is 2. The predicted octanol–water partition coefficient (Wildman–Crippen LogP) is 6.21. The molecular formula is C33H32ClFN6O2. The van der Waals surface area contributed by atoms with Gasteiger partial charge in [-0.1, -0.05) is 23.7 Å². The number of carbonyl (C=O) groups is 1. The van der Waals surface area contributed by atoms with E-state index in [4.69, 9.17) is 26.3 Å². The Morgan fingerprint density at radius 3 is 2.56 bits per heavy atom. The van der Waals surface area contributed by atoms with Crippen LogP contribution in [-0.4, -0.2) is 71.7 Å². The lowest BCUT2D eigenvalue weighted by Gasteiger charge is -2.35. The highest BCUT2D eigenvalue weighted by atomic mass is 35.5. The average molecular weight is 599 g/mol. The third-order valence-electron chi connectivity index (χ3n) is 8.07. The minimum absolute atomic E-state index is 0.0441. The molecule has 1 aromatic heterocycles. The normalized spacial score (nSPS) is 14.9. The summed E-state index contributed by atoms with van der Waals surface area (Å²) in [5.74, 6) is 0.367. The van der Waals surface area contributed by atoms with E-state index in [1.54, 1.807) is 30.5 Å². The lowest BCUT2D eigenvalue weighted by molar-refractivity contribution is 0.0663. The standard InChI is InChI=1S/C33H32ClFN6O2/c1-40(2)24-13-15-41(16-14-24)32(42)20-7-10-23(11-8-20)38-33-37-19-21-18-36-31(29-27(35)5-4-6-28(29)43-3)26-17-22(34)9-12-25(26)30(21)39-33/h4-12,17,19,24H,13-16,18H2,1-3H3,(H,37,38,39). The van der Waals surface area contributed by atoms with Gasteiger partial charge in [0.05, 0.1) is 30.6 Å². The fourth-order valence-electron chi connectivity index (χ4n) is 5.70. The molecule has 220 valence electrons. The summed E-state index contributed by atoms with van der Waals surface area (Å²) in [4.78, 5) is 31.4. The number of nitrogens with one attached hydrogen (secondary N) is 1. The van der Waals surface area contributed by atoms with Gasteiger partial charge in [0.15, 0.2) is 0 Å². The number of piperidine rings is 1. The van der Waals surface area contributed by atoms with Gasteiger partial charge in [-0.15, -0.1) is 0 Å². The molecule has 0 bridgehead atoms. The fraction of sp³-hybridized carbons (Fsp3) is 0.273. The van der Waals surface area contributed by atoms with Crippen molar-refractivity contribution in [2.24, 2.45) is 4.99 Å². The van der Waals surface area contributed by atoms with E-state index in [0.29, 0.717) is 45.3 Å². The first-order chi connectivity index (χ1) is 20.8. The first-order valence-electron chi connectivity index (χ1n) is 14.2. The molecule has 8 nitrogen and oxygen atoms in total. The van der Waals surface area contributed by atoms with Crippen LogP contribution in [-0.2, 0) is 6.54 Å². The number of ether oxygens (including phenoxy) is 1. The van der Waals surface area contributed by atoms with Crippen LogP contribution in [0.15, 0.2) is 71.9 Å². The van der Waals surface area contributed by atoms with Gasteiger partial charge in [0.2, 0.25) is 5.95 Å². The van der Waals surface area contributed by atoms with Crippen molar-refractivity contribution in [1.82, 2.24) is 19.8 Å². The molecule has 10 heteroatoms. The lowest BCUT2D eigenvalue weighted by Crippen LogP contribution is -2.44. The van der Waals surface area contributed by atoms with Gasteiger partial charge in [-0.2, -0.15) is 0 Å². The second-order valence-electron chi connectivity index (χ2n) is 10.9. The van der Waals surface area contributed by atoms with Crippen molar-refractivity contribution in [3.63, 3.8) is 0 Å². The van der Waals surface area contributed by atoms with Crippen molar-refractivity contribution < 1.29 is 13.9 Å². The number of hydrogen-bond donors (Lipinski definition) is 1. The molecule has 3 heterocycles. The summed E-state index contributed by atoms with van der Waals surface area (Å²) in [7, 11) is 5.68. The second kappa shape index (κ2) is 12.1. The number of halogens is 2. The Morgan fingerprint density at radius 1 is 1.07 bits per heavy atom. The zero-order valence-corrected chi connectivity index (χ0v) is 25.0. The van der Waals surface area contributed by atoms with Gasteiger partial charge < -0.3 is 19.9 Å². The van der Waals surface area contributed by atoms with Crippen molar-refractivity contribution in [3.05, 3.63) is 100.0 Å². The summed E-state index contributed by atoms with van der Waals surface area (Å²) in [5.41, 5.74) is 4.97. The molecule has 2 aliphatic heterocycles. The molecule has 1 amide bonds. The molecule has 0 radical (unpaired) electrons. The predicted molar refractivity (Wildman–Crippen MR) is 167 cm³/mol. The van der Waals surface area contributed by atoms with Crippen molar-refractivity contribution in [2.45, 2.75) is 25.4 Å². The third-order valence-corrected chi connectivity index (χ3v) is 8.30. The number of fused-ring (bicyclic) bond motifs is 3. The summed E-state index contributed by atoms with van der Waals surface area (Å²) < 4.78 is 20.6. The molecule has 43 heavy (non-hydrogen) atoms. The molecule has 3 aromatic carbocycles. The molecule has 0 unspecified atom stereocenters. The van der Waals surface area contributed by atoms with E-state index in [2.05, 4.69) is 29.3 Å². The Balaban J connectivity index is 1.25. The molecule has 0 atom stereocenters. The van der Waals surface area contributed by atoms with Crippen molar-refractivity contribution >= 4 is 34.9 Å². The Bertz CT molecular complexity index is 1700. The third kappa shape index (κ3) is 5.83. The number of hydrogen-bond acceptors (Lipinski definition) is 7. The van der Waals surface area contributed by atoms with Crippen molar-refractivity contribution in [1.29, 1.82) is 0 Å². The first kappa shape index (κ1) is 28.8. The maximum atomic E-state index is 15.2. The Hall–Kier alpha value is -4.34. The summed E-state index contributed by atoms with van der Waals surface area (Å²) in [6, 6.07) is 18.0. The SMILES string of the molecule is COc1cccc(F)c1C1=NCc2cnc(Nc3ccc(C(=O)N4CCC(N(C)C)CC4)cc3)nc2-c2ccc(Cl)cc21. The maximum Gasteiger partial charge on any atom is 0.253 e. The van der Waals surface area contributed by atoms with Gasteiger partial charge in [0.1, 0.15) is 11.6 Å². The van der Waals surface area contributed by atoms with Crippen LogP contribution in [0.1, 0.15) is 39.9 Å². The number of carbonyl (C=O) groups excluding carboxylic acids is 1.